The van der Waals surface area contributed by atoms with E-state index in [0.717, 1.165) is 6.07 Å². The average Bonchev–Trinajstić information content (AvgIpc) is 2.01. The van der Waals surface area contributed by atoms with Crippen LogP contribution in [-0.4, -0.2) is 18.5 Å². The Bertz CT molecular complexity index is 329. The summed E-state index contributed by atoms with van der Waals surface area (Å²) in [5.74, 6) is -0.442. The molecule has 0 bridgehead atoms. The molecule has 14 heavy (non-hydrogen) atoms. The zero-order valence-corrected chi connectivity index (χ0v) is 9.09. The number of hydrogen-bond acceptors (Lipinski definition) is 3. The minimum atomic E-state index is -4.72. The van der Waals surface area contributed by atoms with Crippen LogP contribution in [0.2, 0.25) is 0 Å². The van der Waals surface area contributed by atoms with E-state index in [4.69, 9.17) is 0 Å². The summed E-state index contributed by atoms with van der Waals surface area (Å²) in [4.78, 5) is 3.75. The van der Waals surface area contributed by atoms with Gasteiger partial charge in [-0.25, -0.2) is 4.98 Å². The fourth-order valence-corrected chi connectivity index (χ4v) is 1.18. The lowest BCUT2D eigenvalue weighted by Gasteiger charge is -2.11. The van der Waals surface area contributed by atoms with Crippen LogP contribution in [0.1, 0.15) is 0 Å². The molecule has 0 saturated heterocycles. The van der Waals surface area contributed by atoms with Crippen LogP contribution < -0.4 is 9.47 Å². The van der Waals surface area contributed by atoms with Crippen LogP contribution in [0, 0.1) is 3.70 Å². The molecule has 1 aromatic heterocycles. The molecule has 0 spiro atoms. The molecule has 0 N–H and O–H groups in total. The van der Waals surface area contributed by atoms with Gasteiger partial charge in [0.1, 0.15) is 3.70 Å². The van der Waals surface area contributed by atoms with E-state index in [0.29, 0.717) is 3.70 Å². The highest BCUT2D eigenvalue weighted by molar-refractivity contribution is 14.1. The molecule has 7 heteroatoms. The highest BCUT2D eigenvalue weighted by atomic mass is 127. The third kappa shape index (κ3) is 3.20. The first kappa shape index (κ1) is 11.3. The van der Waals surface area contributed by atoms with Gasteiger partial charge < -0.3 is 9.47 Å². The van der Waals surface area contributed by atoms with E-state index < -0.39 is 6.36 Å². The number of hydrogen-bond donors (Lipinski definition) is 0. The monoisotopic (exact) mass is 319 g/mol. The van der Waals surface area contributed by atoms with Gasteiger partial charge >= 0.3 is 6.36 Å². The quantitative estimate of drug-likeness (QED) is 0.620. The summed E-state index contributed by atoms with van der Waals surface area (Å²) < 4.78 is 44.4. The van der Waals surface area contributed by atoms with E-state index >= 15 is 0 Å². The lowest BCUT2D eigenvalue weighted by atomic mass is 10.4. The molecule has 0 aliphatic carbocycles. The van der Waals surface area contributed by atoms with Crippen molar-refractivity contribution in [3.63, 3.8) is 0 Å². The van der Waals surface area contributed by atoms with Crippen LogP contribution in [0.5, 0.6) is 11.5 Å². The molecule has 0 radical (unpaired) electrons. The molecule has 0 amide bonds. The van der Waals surface area contributed by atoms with Crippen LogP contribution in [0.15, 0.2) is 12.3 Å². The summed E-state index contributed by atoms with van der Waals surface area (Å²) in [6.45, 7) is 0. The normalized spacial score (nSPS) is 11.2. The molecule has 0 aromatic carbocycles. The summed E-state index contributed by atoms with van der Waals surface area (Å²) in [6.07, 6.45) is -3.56. The first-order chi connectivity index (χ1) is 6.42. The molecule has 78 valence electrons. The first-order valence-corrected chi connectivity index (χ1v) is 4.45. The Morgan fingerprint density at radius 1 is 1.36 bits per heavy atom. The van der Waals surface area contributed by atoms with E-state index in [-0.39, 0.29) is 11.5 Å². The molecule has 1 rings (SSSR count). The summed E-state index contributed by atoms with van der Waals surface area (Å²) in [6, 6.07) is 1.15. The van der Waals surface area contributed by atoms with E-state index in [2.05, 4.69) is 14.5 Å². The van der Waals surface area contributed by atoms with Crippen molar-refractivity contribution < 1.29 is 22.6 Å². The van der Waals surface area contributed by atoms with E-state index in [1.807, 2.05) is 0 Å². The van der Waals surface area contributed by atoms with Crippen LogP contribution in [0.25, 0.3) is 0 Å². The number of alkyl halides is 3. The Balaban J connectivity index is 2.99. The topological polar surface area (TPSA) is 31.4 Å². The number of ether oxygens (including phenoxy) is 2. The maximum atomic E-state index is 11.9. The maximum absolute atomic E-state index is 11.9. The smallest absolute Gasteiger partial charge is 0.491 e. The number of aromatic nitrogens is 1. The maximum Gasteiger partial charge on any atom is 0.573 e. The molecule has 0 saturated carbocycles. The number of methoxy groups -OCH3 is 1. The number of nitrogens with zero attached hydrogens (tertiary/aromatic N) is 1. The van der Waals surface area contributed by atoms with Crippen molar-refractivity contribution in [3.8, 4) is 11.5 Å². The van der Waals surface area contributed by atoms with E-state index in [9.17, 15) is 13.2 Å². The van der Waals surface area contributed by atoms with Gasteiger partial charge in [0, 0.05) is 6.07 Å². The molecule has 3 nitrogen and oxygen atoms in total. The van der Waals surface area contributed by atoms with Gasteiger partial charge in [0.25, 0.3) is 0 Å². The third-order valence-electron chi connectivity index (χ3n) is 1.24. The van der Waals surface area contributed by atoms with Gasteiger partial charge in [-0.3, -0.25) is 0 Å². The zero-order valence-electron chi connectivity index (χ0n) is 6.93. The van der Waals surface area contributed by atoms with Gasteiger partial charge in [0.15, 0.2) is 11.5 Å². The minimum absolute atomic E-state index is 0.0530. The van der Waals surface area contributed by atoms with Gasteiger partial charge in [-0.2, -0.15) is 0 Å². The van der Waals surface area contributed by atoms with Gasteiger partial charge in [0.05, 0.1) is 13.3 Å². The average molecular weight is 319 g/mol. The SMILES string of the molecule is COc1cnc(I)cc1OC(F)(F)F. The minimum Gasteiger partial charge on any atom is -0.491 e. The number of pyridine rings is 1. The van der Waals surface area contributed by atoms with Crippen LogP contribution >= 0.6 is 22.6 Å². The van der Waals surface area contributed by atoms with E-state index in [1.54, 1.807) is 22.6 Å². The highest BCUT2D eigenvalue weighted by Crippen LogP contribution is 2.31. The van der Waals surface area contributed by atoms with Crippen molar-refractivity contribution in [1.29, 1.82) is 0 Å². The van der Waals surface area contributed by atoms with Crippen molar-refractivity contribution >= 4 is 22.6 Å². The van der Waals surface area contributed by atoms with Crippen molar-refractivity contribution in [1.82, 2.24) is 4.98 Å². The molecular formula is C7H5F3INO2. The lowest BCUT2D eigenvalue weighted by molar-refractivity contribution is -0.275. The van der Waals surface area contributed by atoms with Crippen molar-refractivity contribution in [2.75, 3.05) is 7.11 Å². The molecule has 0 unspecified atom stereocenters. The molecule has 0 aliphatic rings. The third-order valence-corrected chi connectivity index (χ3v) is 1.83. The second kappa shape index (κ2) is 4.20. The molecule has 0 aliphatic heterocycles. The molecule has 0 atom stereocenters. The Morgan fingerprint density at radius 3 is 2.50 bits per heavy atom. The van der Waals surface area contributed by atoms with Crippen LogP contribution in [0.4, 0.5) is 13.2 Å². The van der Waals surface area contributed by atoms with Gasteiger partial charge in [0.2, 0.25) is 0 Å². The Morgan fingerprint density at radius 2 is 2.00 bits per heavy atom. The molecule has 1 aromatic rings. The second-order valence-electron chi connectivity index (χ2n) is 2.21. The second-order valence-corrected chi connectivity index (χ2v) is 3.31. The standard InChI is InChI=1S/C7H5F3INO2/c1-13-5-3-12-6(11)2-4(5)14-7(8,9)10/h2-3H,1H3. The summed E-state index contributed by atoms with van der Waals surface area (Å²) >= 11 is 1.78. The molecule has 0 fully saturated rings. The van der Waals surface area contributed by atoms with Crippen molar-refractivity contribution in [2.45, 2.75) is 6.36 Å². The lowest BCUT2D eigenvalue weighted by Crippen LogP contribution is -2.17. The summed E-state index contributed by atoms with van der Waals surface area (Å²) in [5.41, 5.74) is 0. The number of halogens is 4. The zero-order chi connectivity index (χ0) is 10.8. The molecular weight excluding hydrogens is 314 g/mol. The van der Waals surface area contributed by atoms with Gasteiger partial charge in [-0.1, -0.05) is 0 Å². The largest absolute Gasteiger partial charge is 0.573 e. The number of rotatable bonds is 2. The summed E-state index contributed by atoms with van der Waals surface area (Å²) in [7, 11) is 1.24. The first-order valence-electron chi connectivity index (χ1n) is 3.37. The van der Waals surface area contributed by atoms with Gasteiger partial charge in [-0.05, 0) is 22.6 Å². The van der Waals surface area contributed by atoms with Crippen LogP contribution in [0.3, 0.4) is 0 Å². The van der Waals surface area contributed by atoms with Crippen molar-refractivity contribution in [3.05, 3.63) is 16.0 Å². The fourth-order valence-electron chi connectivity index (χ4n) is 0.758. The Labute approximate surface area is 91.4 Å². The van der Waals surface area contributed by atoms with Crippen LogP contribution in [-0.2, 0) is 0 Å². The molecule has 1 heterocycles. The summed E-state index contributed by atoms with van der Waals surface area (Å²) in [5, 5.41) is 0. The van der Waals surface area contributed by atoms with E-state index in [1.165, 1.54) is 13.3 Å². The predicted octanol–water partition coefficient (Wildman–Crippen LogP) is 2.59. The predicted molar refractivity (Wildman–Crippen MR) is 50.2 cm³/mol. The Hall–Kier alpha value is -0.730. The van der Waals surface area contributed by atoms with Gasteiger partial charge in [-0.15, -0.1) is 13.2 Å². The van der Waals surface area contributed by atoms with Crippen molar-refractivity contribution in [2.24, 2.45) is 0 Å². The highest BCUT2D eigenvalue weighted by Gasteiger charge is 2.32. The Kier molecular flexibility index (Phi) is 3.40. The fraction of sp³-hybridized carbons (Fsp3) is 0.286.